The van der Waals surface area contributed by atoms with E-state index in [0.717, 1.165) is 11.3 Å². The van der Waals surface area contributed by atoms with Crippen LogP contribution in [0.5, 0.6) is 0 Å². The highest BCUT2D eigenvalue weighted by molar-refractivity contribution is 5.62. The first-order chi connectivity index (χ1) is 7.48. The summed E-state index contributed by atoms with van der Waals surface area (Å²) in [5, 5.41) is 9.82. The topological polar surface area (TPSA) is 48.9 Å². The van der Waals surface area contributed by atoms with Crippen LogP contribution in [0.1, 0.15) is 25.2 Å². The Balaban J connectivity index is 2.44. The Morgan fingerprint density at radius 3 is 2.50 bits per heavy atom. The van der Waals surface area contributed by atoms with Crippen molar-refractivity contribution in [1.29, 1.82) is 0 Å². The van der Waals surface area contributed by atoms with Crippen molar-refractivity contribution < 1.29 is 5.11 Å². The minimum Gasteiger partial charge on any atom is -0.383 e. The van der Waals surface area contributed by atoms with Crippen molar-refractivity contribution in [2.45, 2.75) is 26.4 Å². The van der Waals surface area contributed by atoms with Gasteiger partial charge >= 0.3 is 0 Å². The maximum atomic E-state index is 9.82. The Labute approximate surface area is 95.2 Å². The van der Waals surface area contributed by atoms with Crippen LogP contribution in [0.3, 0.4) is 0 Å². The van der Waals surface area contributed by atoms with E-state index >= 15 is 0 Å². The molecule has 2 aromatic rings. The molecule has 1 aromatic heterocycles. The zero-order chi connectivity index (χ0) is 11.8. The molecule has 0 atom stereocenters. The predicted octanol–water partition coefficient (Wildman–Crippen LogP) is 2.61. The molecule has 0 unspecified atom stereocenters. The molecule has 0 saturated heterocycles. The molecule has 16 heavy (non-hydrogen) atoms. The number of rotatable bonds is 2. The molecule has 0 spiro atoms. The fraction of sp³-hybridized carbons (Fsp3) is 0.308. The van der Waals surface area contributed by atoms with Gasteiger partial charge in [0.05, 0.1) is 11.9 Å². The third kappa shape index (κ3) is 1.99. The molecule has 1 heterocycles. The fourth-order valence-electron chi connectivity index (χ4n) is 1.64. The van der Waals surface area contributed by atoms with Gasteiger partial charge in [0, 0.05) is 5.56 Å². The standard InChI is InChI=1S/C13H16N2O/c1-9-6-4-5-7-10(9)11-8-14-12(15-11)13(2,3)16/h4-8,16H,1-3H3,(H,14,15). The van der Waals surface area contributed by atoms with Crippen molar-refractivity contribution in [2.75, 3.05) is 0 Å². The van der Waals surface area contributed by atoms with E-state index in [4.69, 9.17) is 0 Å². The van der Waals surface area contributed by atoms with E-state index in [9.17, 15) is 5.11 Å². The molecule has 2 rings (SSSR count). The number of benzene rings is 1. The minimum atomic E-state index is -0.930. The summed E-state index contributed by atoms with van der Waals surface area (Å²) in [5.74, 6) is 0.589. The Kier molecular flexibility index (Phi) is 2.56. The predicted molar refractivity (Wildman–Crippen MR) is 64.0 cm³/mol. The number of nitrogens with one attached hydrogen (secondary N) is 1. The van der Waals surface area contributed by atoms with Gasteiger partial charge in [0.15, 0.2) is 0 Å². The molecule has 0 amide bonds. The molecule has 84 valence electrons. The normalized spacial score (nSPS) is 11.8. The molecule has 0 aliphatic carbocycles. The lowest BCUT2D eigenvalue weighted by molar-refractivity contribution is 0.0697. The highest BCUT2D eigenvalue weighted by atomic mass is 16.3. The summed E-state index contributed by atoms with van der Waals surface area (Å²) in [5.41, 5.74) is 2.31. The van der Waals surface area contributed by atoms with Crippen LogP contribution in [0, 0.1) is 6.92 Å². The van der Waals surface area contributed by atoms with E-state index in [2.05, 4.69) is 23.0 Å². The van der Waals surface area contributed by atoms with Crippen LogP contribution in [-0.4, -0.2) is 15.1 Å². The van der Waals surface area contributed by atoms with Crippen LogP contribution >= 0.6 is 0 Å². The largest absolute Gasteiger partial charge is 0.383 e. The molecule has 0 saturated carbocycles. The summed E-state index contributed by atoms with van der Waals surface area (Å²) >= 11 is 0. The second-order valence-electron chi connectivity index (χ2n) is 4.52. The molecule has 0 aliphatic heterocycles. The molecule has 0 fully saturated rings. The third-order valence-corrected chi connectivity index (χ3v) is 2.59. The van der Waals surface area contributed by atoms with E-state index in [-0.39, 0.29) is 0 Å². The average Bonchev–Trinajstić information content (AvgIpc) is 2.66. The molecule has 2 N–H and O–H groups in total. The molecule has 3 heteroatoms. The third-order valence-electron chi connectivity index (χ3n) is 2.59. The summed E-state index contributed by atoms with van der Waals surface area (Å²) in [6.07, 6.45) is 1.76. The molecule has 0 bridgehead atoms. The number of nitrogens with zero attached hydrogens (tertiary/aromatic N) is 1. The van der Waals surface area contributed by atoms with E-state index in [1.807, 2.05) is 18.2 Å². The summed E-state index contributed by atoms with van der Waals surface area (Å²) in [6, 6.07) is 8.09. The highest BCUT2D eigenvalue weighted by Crippen LogP contribution is 2.24. The van der Waals surface area contributed by atoms with E-state index in [1.165, 1.54) is 5.56 Å². The van der Waals surface area contributed by atoms with Gasteiger partial charge in [-0.2, -0.15) is 0 Å². The summed E-state index contributed by atoms with van der Waals surface area (Å²) < 4.78 is 0. The van der Waals surface area contributed by atoms with Gasteiger partial charge < -0.3 is 10.1 Å². The Morgan fingerprint density at radius 2 is 1.94 bits per heavy atom. The summed E-state index contributed by atoms with van der Waals surface area (Å²) in [6.45, 7) is 5.49. The molecular weight excluding hydrogens is 200 g/mol. The van der Waals surface area contributed by atoms with E-state index in [1.54, 1.807) is 20.0 Å². The van der Waals surface area contributed by atoms with Gasteiger partial charge in [-0.25, -0.2) is 4.98 Å². The van der Waals surface area contributed by atoms with Crippen molar-refractivity contribution in [3.05, 3.63) is 41.9 Å². The lowest BCUT2D eigenvalue weighted by Crippen LogP contribution is -2.17. The maximum Gasteiger partial charge on any atom is 0.138 e. The number of imidazole rings is 1. The van der Waals surface area contributed by atoms with Crippen molar-refractivity contribution in [1.82, 2.24) is 9.97 Å². The first kappa shape index (κ1) is 10.9. The van der Waals surface area contributed by atoms with Crippen LogP contribution in [-0.2, 0) is 5.60 Å². The second-order valence-corrected chi connectivity index (χ2v) is 4.52. The highest BCUT2D eigenvalue weighted by Gasteiger charge is 2.20. The Hall–Kier alpha value is -1.61. The first-order valence-electron chi connectivity index (χ1n) is 5.32. The Bertz CT molecular complexity index is 495. The first-order valence-corrected chi connectivity index (χ1v) is 5.32. The number of hydrogen-bond donors (Lipinski definition) is 2. The van der Waals surface area contributed by atoms with Gasteiger partial charge in [0.25, 0.3) is 0 Å². The minimum absolute atomic E-state index is 0.589. The van der Waals surface area contributed by atoms with Gasteiger partial charge in [-0.3, -0.25) is 0 Å². The zero-order valence-corrected chi connectivity index (χ0v) is 9.78. The smallest absolute Gasteiger partial charge is 0.138 e. The number of aliphatic hydroxyl groups is 1. The molecule has 0 radical (unpaired) electrons. The van der Waals surface area contributed by atoms with Gasteiger partial charge in [0.1, 0.15) is 11.4 Å². The summed E-state index contributed by atoms with van der Waals surface area (Å²) in [4.78, 5) is 7.35. The van der Waals surface area contributed by atoms with Crippen LogP contribution in [0.2, 0.25) is 0 Å². The van der Waals surface area contributed by atoms with Crippen molar-refractivity contribution in [3.63, 3.8) is 0 Å². The molecule has 3 nitrogen and oxygen atoms in total. The molecular formula is C13H16N2O. The number of aromatic amines is 1. The quantitative estimate of drug-likeness (QED) is 0.810. The van der Waals surface area contributed by atoms with Crippen molar-refractivity contribution in [3.8, 4) is 11.3 Å². The van der Waals surface area contributed by atoms with Crippen LogP contribution in [0.15, 0.2) is 30.5 Å². The lowest BCUT2D eigenvalue weighted by atomic mass is 10.1. The Morgan fingerprint density at radius 1 is 1.25 bits per heavy atom. The van der Waals surface area contributed by atoms with Crippen LogP contribution < -0.4 is 0 Å². The average molecular weight is 216 g/mol. The van der Waals surface area contributed by atoms with Crippen LogP contribution in [0.25, 0.3) is 11.3 Å². The van der Waals surface area contributed by atoms with Gasteiger partial charge in [0.2, 0.25) is 0 Å². The monoisotopic (exact) mass is 216 g/mol. The van der Waals surface area contributed by atoms with E-state index < -0.39 is 5.60 Å². The number of aromatic nitrogens is 2. The number of H-pyrrole nitrogens is 1. The number of hydrogen-bond acceptors (Lipinski definition) is 2. The molecule has 0 aliphatic rings. The van der Waals surface area contributed by atoms with Gasteiger partial charge in [-0.15, -0.1) is 0 Å². The maximum absolute atomic E-state index is 9.82. The van der Waals surface area contributed by atoms with Gasteiger partial charge in [-0.1, -0.05) is 24.3 Å². The van der Waals surface area contributed by atoms with E-state index in [0.29, 0.717) is 5.82 Å². The number of aryl methyl sites for hydroxylation is 1. The molecule has 1 aromatic carbocycles. The SMILES string of the molecule is Cc1ccccc1-c1cnc(C(C)(C)O)[nH]1. The lowest BCUT2D eigenvalue weighted by Gasteiger charge is -2.13. The van der Waals surface area contributed by atoms with Crippen molar-refractivity contribution >= 4 is 0 Å². The fourth-order valence-corrected chi connectivity index (χ4v) is 1.64. The summed E-state index contributed by atoms with van der Waals surface area (Å²) in [7, 11) is 0. The van der Waals surface area contributed by atoms with Crippen LogP contribution in [0.4, 0.5) is 0 Å². The zero-order valence-electron chi connectivity index (χ0n) is 9.78. The van der Waals surface area contributed by atoms with Crippen molar-refractivity contribution in [2.24, 2.45) is 0 Å². The second kappa shape index (κ2) is 3.76. The van der Waals surface area contributed by atoms with Gasteiger partial charge in [-0.05, 0) is 26.3 Å².